The van der Waals surface area contributed by atoms with E-state index in [0.717, 1.165) is 22.7 Å². The number of hydrogen-bond acceptors (Lipinski definition) is 4. The fraction of sp³-hybridized carbons (Fsp3) is 0.421. The molecule has 25 heavy (non-hydrogen) atoms. The van der Waals surface area contributed by atoms with Crippen LogP contribution in [0.1, 0.15) is 31.2 Å². The summed E-state index contributed by atoms with van der Waals surface area (Å²) >= 11 is 1.55. The third-order valence-corrected chi connectivity index (χ3v) is 4.75. The topological polar surface area (TPSA) is 65.9 Å². The molecule has 0 aliphatic heterocycles. The third kappa shape index (κ3) is 6.07. The monoisotopic (exact) mass is 361 g/mol. The van der Waals surface area contributed by atoms with E-state index in [2.05, 4.69) is 15.6 Å². The predicted molar refractivity (Wildman–Crippen MR) is 104 cm³/mol. The Morgan fingerprint density at radius 3 is 2.76 bits per heavy atom. The molecule has 0 spiro atoms. The number of ether oxygens (including phenoxy) is 1. The van der Waals surface area contributed by atoms with Crippen LogP contribution in [-0.2, 0) is 12.1 Å². The van der Waals surface area contributed by atoms with Gasteiger partial charge >= 0.3 is 0 Å². The van der Waals surface area contributed by atoms with Crippen molar-refractivity contribution in [2.45, 2.75) is 32.9 Å². The molecule has 0 saturated carbocycles. The Labute approximate surface area is 153 Å². The number of hydrogen-bond donors (Lipinski definition) is 3. The van der Waals surface area contributed by atoms with Crippen LogP contribution in [-0.4, -0.2) is 30.8 Å². The lowest BCUT2D eigenvalue weighted by Gasteiger charge is -2.23. The van der Waals surface area contributed by atoms with Crippen LogP contribution in [0.15, 0.2) is 46.8 Å². The highest BCUT2D eigenvalue weighted by Gasteiger charge is 2.24. The highest BCUT2D eigenvalue weighted by molar-refractivity contribution is 7.10. The van der Waals surface area contributed by atoms with E-state index in [9.17, 15) is 5.11 Å². The zero-order valence-electron chi connectivity index (χ0n) is 15.1. The first-order valence-corrected chi connectivity index (χ1v) is 9.43. The maximum absolute atomic E-state index is 10.6. The molecule has 0 amide bonds. The van der Waals surface area contributed by atoms with Gasteiger partial charge < -0.3 is 20.5 Å². The van der Waals surface area contributed by atoms with Gasteiger partial charge in [-0.3, -0.25) is 0 Å². The molecule has 5 nitrogen and oxygen atoms in total. The number of aliphatic imine (C=N–C) groups is 1. The molecule has 1 aromatic heterocycles. The quantitative estimate of drug-likeness (QED) is 0.499. The number of nitrogens with zero attached hydrogens (tertiary/aromatic N) is 1. The maximum atomic E-state index is 10.6. The second-order valence-corrected chi connectivity index (χ2v) is 6.83. The van der Waals surface area contributed by atoms with Crippen LogP contribution < -0.4 is 15.4 Å². The van der Waals surface area contributed by atoms with Gasteiger partial charge in [-0.15, -0.1) is 11.3 Å². The van der Waals surface area contributed by atoms with Crippen molar-refractivity contribution in [3.05, 3.63) is 52.2 Å². The predicted octanol–water partition coefficient (Wildman–Crippen LogP) is 3.11. The van der Waals surface area contributed by atoms with Gasteiger partial charge in [-0.2, -0.15) is 0 Å². The molecule has 0 radical (unpaired) electrons. The van der Waals surface area contributed by atoms with Crippen molar-refractivity contribution in [3.8, 4) is 5.75 Å². The molecule has 6 heteroatoms. The molecule has 136 valence electrons. The Morgan fingerprint density at radius 1 is 1.24 bits per heavy atom. The molecular formula is C19H27N3O2S. The molecular weight excluding hydrogens is 334 g/mol. The summed E-state index contributed by atoms with van der Waals surface area (Å²) in [6, 6.07) is 11.8. The van der Waals surface area contributed by atoms with Crippen LogP contribution in [0.5, 0.6) is 5.75 Å². The summed E-state index contributed by atoms with van der Waals surface area (Å²) in [5.74, 6) is 1.54. The van der Waals surface area contributed by atoms with Crippen LogP contribution in [0.3, 0.4) is 0 Å². The van der Waals surface area contributed by atoms with Crippen molar-refractivity contribution in [3.63, 3.8) is 0 Å². The van der Waals surface area contributed by atoms with E-state index in [1.165, 1.54) is 0 Å². The summed E-state index contributed by atoms with van der Waals surface area (Å²) in [5.41, 5.74) is 0.146. The Bertz CT molecular complexity index is 669. The Kier molecular flexibility index (Phi) is 7.28. The summed E-state index contributed by atoms with van der Waals surface area (Å²) in [4.78, 5) is 5.53. The molecule has 0 saturated heterocycles. The van der Waals surface area contributed by atoms with Crippen molar-refractivity contribution < 1.29 is 9.84 Å². The Morgan fingerprint density at radius 2 is 2.08 bits per heavy atom. The molecule has 1 unspecified atom stereocenters. The van der Waals surface area contributed by atoms with E-state index in [1.807, 2.05) is 55.6 Å². The lowest BCUT2D eigenvalue weighted by molar-refractivity contribution is 0.0655. The van der Waals surface area contributed by atoms with Crippen LogP contribution in [0.2, 0.25) is 0 Å². The first-order valence-electron chi connectivity index (χ1n) is 8.55. The fourth-order valence-corrected chi connectivity index (χ4v) is 3.13. The molecule has 1 heterocycles. The maximum Gasteiger partial charge on any atom is 0.191 e. The van der Waals surface area contributed by atoms with E-state index in [4.69, 9.17) is 4.74 Å². The van der Waals surface area contributed by atoms with Crippen LogP contribution >= 0.6 is 11.3 Å². The minimum Gasteiger partial charge on any atom is -0.494 e. The molecule has 0 aliphatic rings. The lowest BCUT2D eigenvalue weighted by Crippen LogP contribution is -2.44. The Hall–Kier alpha value is -2.05. The van der Waals surface area contributed by atoms with Crippen molar-refractivity contribution in [2.24, 2.45) is 4.99 Å². The first kappa shape index (κ1) is 19.3. The summed E-state index contributed by atoms with van der Waals surface area (Å²) < 4.78 is 5.52. The molecule has 3 N–H and O–H groups in total. The summed E-state index contributed by atoms with van der Waals surface area (Å²) in [5, 5.41) is 19.0. The average molecular weight is 362 g/mol. The van der Waals surface area contributed by atoms with E-state index >= 15 is 0 Å². The smallest absolute Gasteiger partial charge is 0.191 e. The zero-order chi connectivity index (χ0) is 18.1. The normalized spacial score (nSPS) is 14.0. The van der Waals surface area contributed by atoms with Gasteiger partial charge in [0.25, 0.3) is 0 Å². The average Bonchev–Trinajstić information content (AvgIpc) is 3.14. The van der Waals surface area contributed by atoms with Crippen molar-refractivity contribution in [2.75, 3.05) is 19.7 Å². The third-order valence-electron chi connectivity index (χ3n) is 3.63. The van der Waals surface area contributed by atoms with Crippen molar-refractivity contribution in [1.82, 2.24) is 10.6 Å². The van der Waals surface area contributed by atoms with Gasteiger partial charge in [0.2, 0.25) is 0 Å². The highest BCUT2D eigenvalue weighted by atomic mass is 32.1. The van der Waals surface area contributed by atoms with E-state index in [0.29, 0.717) is 25.7 Å². The summed E-state index contributed by atoms with van der Waals surface area (Å²) in [6.45, 7) is 8.12. The van der Waals surface area contributed by atoms with Gasteiger partial charge in [-0.25, -0.2) is 4.99 Å². The number of rotatable bonds is 8. The van der Waals surface area contributed by atoms with Crippen molar-refractivity contribution in [1.29, 1.82) is 0 Å². The second-order valence-electron chi connectivity index (χ2n) is 5.88. The van der Waals surface area contributed by atoms with Gasteiger partial charge in [-0.05, 0) is 49.9 Å². The zero-order valence-corrected chi connectivity index (χ0v) is 15.9. The standard InChI is InChI=1S/C19H27N3O2S/c1-4-20-18(22-14-19(3,23)17-10-7-11-25-17)21-13-15-8-6-9-16(12-15)24-5-2/h6-12,23H,4-5,13-14H2,1-3H3,(H2,20,21,22). The van der Waals surface area contributed by atoms with Crippen molar-refractivity contribution >= 4 is 17.3 Å². The molecule has 0 bridgehead atoms. The lowest BCUT2D eigenvalue weighted by atomic mass is 10.1. The van der Waals surface area contributed by atoms with Crippen LogP contribution in [0, 0.1) is 0 Å². The second kappa shape index (κ2) is 9.44. The van der Waals surface area contributed by atoms with Gasteiger partial charge in [0.1, 0.15) is 11.4 Å². The Balaban J connectivity index is 1.99. The van der Waals surface area contributed by atoms with E-state index in [1.54, 1.807) is 18.3 Å². The van der Waals surface area contributed by atoms with Gasteiger partial charge in [0, 0.05) is 11.4 Å². The highest BCUT2D eigenvalue weighted by Crippen LogP contribution is 2.24. The van der Waals surface area contributed by atoms with Gasteiger partial charge in [-0.1, -0.05) is 18.2 Å². The number of aliphatic hydroxyl groups is 1. The number of benzene rings is 1. The number of nitrogens with one attached hydrogen (secondary N) is 2. The molecule has 1 atom stereocenters. The number of guanidine groups is 1. The SMILES string of the molecule is CCNC(=NCc1cccc(OCC)c1)NCC(C)(O)c1cccs1. The molecule has 0 fully saturated rings. The molecule has 1 aromatic carbocycles. The molecule has 2 rings (SSSR count). The largest absolute Gasteiger partial charge is 0.494 e. The summed E-state index contributed by atoms with van der Waals surface area (Å²) in [6.07, 6.45) is 0. The molecule has 0 aliphatic carbocycles. The summed E-state index contributed by atoms with van der Waals surface area (Å²) in [7, 11) is 0. The van der Waals surface area contributed by atoms with Gasteiger partial charge in [0.15, 0.2) is 5.96 Å². The fourth-order valence-electron chi connectivity index (χ4n) is 2.34. The first-order chi connectivity index (χ1) is 12.0. The van der Waals surface area contributed by atoms with Crippen LogP contribution in [0.25, 0.3) is 0 Å². The molecule has 2 aromatic rings. The number of thiophene rings is 1. The van der Waals surface area contributed by atoms with Gasteiger partial charge in [0.05, 0.1) is 19.7 Å². The van der Waals surface area contributed by atoms with E-state index < -0.39 is 5.60 Å². The van der Waals surface area contributed by atoms with Crippen LogP contribution in [0.4, 0.5) is 0 Å². The minimum absolute atomic E-state index is 0.387. The minimum atomic E-state index is -0.931. The van der Waals surface area contributed by atoms with E-state index in [-0.39, 0.29) is 0 Å².